The fourth-order valence-corrected chi connectivity index (χ4v) is 1.33. The molecule has 0 spiro atoms. The van der Waals surface area contributed by atoms with E-state index in [9.17, 15) is 24.0 Å². The van der Waals surface area contributed by atoms with Crippen LogP contribution in [0.1, 0.15) is 33.6 Å². The molecule has 23 heavy (non-hydrogen) atoms. The van der Waals surface area contributed by atoms with Crippen molar-refractivity contribution in [3.63, 3.8) is 0 Å². The lowest BCUT2D eigenvalue weighted by atomic mass is 10.3. The maximum Gasteiger partial charge on any atom is 0.419 e. The van der Waals surface area contributed by atoms with Gasteiger partial charge in [0.2, 0.25) is 0 Å². The molecule has 0 fully saturated rings. The number of hydrogen-bond donors (Lipinski definition) is 0. The van der Waals surface area contributed by atoms with E-state index in [1.165, 1.54) is 20.8 Å². The Balaban J connectivity index is 4.49. The lowest BCUT2D eigenvalue weighted by Gasteiger charge is -2.19. The average molecular weight is 331 g/mol. The SMILES string of the molecule is CC(=O)COC(=O)N(CCCCOC(C)=O)C(=O)OCC(C)=O. The number of Topliss-reactive ketones (excluding diaryl/α,β-unsaturated/α-hetero) is 2. The van der Waals surface area contributed by atoms with Crippen molar-refractivity contribution >= 4 is 29.7 Å². The van der Waals surface area contributed by atoms with Crippen LogP contribution in [-0.4, -0.2) is 61.0 Å². The Bertz CT molecular complexity index is 430. The fraction of sp³-hybridized carbons (Fsp3) is 0.643. The summed E-state index contributed by atoms with van der Waals surface area (Å²) in [5.74, 6) is -1.20. The molecular weight excluding hydrogens is 310 g/mol. The first-order valence-electron chi connectivity index (χ1n) is 6.97. The van der Waals surface area contributed by atoms with Crippen molar-refractivity contribution in [3.8, 4) is 0 Å². The molecule has 0 aromatic heterocycles. The van der Waals surface area contributed by atoms with Crippen LogP contribution in [0.25, 0.3) is 0 Å². The molecule has 0 unspecified atom stereocenters. The minimum absolute atomic E-state index is 0.0608. The van der Waals surface area contributed by atoms with Gasteiger partial charge in [0.1, 0.15) is 0 Å². The smallest absolute Gasteiger partial charge is 0.419 e. The van der Waals surface area contributed by atoms with E-state index < -0.39 is 31.4 Å². The van der Waals surface area contributed by atoms with E-state index in [1.54, 1.807) is 0 Å². The molecule has 0 aliphatic heterocycles. The highest BCUT2D eigenvalue weighted by Gasteiger charge is 2.24. The molecule has 130 valence electrons. The van der Waals surface area contributed by atoms with Crippen LogP contribution in [-0.2, 0) is 28.6 Å². The van der Waals surface area contributed by atoms with Gasteiger partial charge in [0.25, 0.3) is 0 Å². The third-order valence-electron chi connectivity index (χ3n) is 2.32. The molecule has 0 aromatic carbocycles. The van der Waals surface area contributed by atoms with E-state index in [1.807, 2.05) is 0 Å². The summed E-state index contributed by atoms with van der Waals surface area (Å²) in [5.41, 5.74) is 0. The van der Waals surface area contributed by atoms with Crippen LogP contribution in [0.4, 0.5) is 9.59 Å². The van der Waals surface area contributed by atoms with Gasteiger partial charge in [-0.05, 0) is 26.7 Å². The Kier molecular flexibility index (Phi) is 9.97. The lowest BCUT2D eigenvalue weighted by molar-refractivity contribution is -0.141. The summed E-state index contributed by atoms with van der Waals surface area (Å²) in [7, 11) is 0. The van der Waals surface area contributed by atoms with Gasteiger partial charge in [-0.15, -0.1) is 0 Å². The van der Waals surface area contributed by atoms with E-state index in [0.717, 1.165) is 0 Å². The van der Waals surface area contributed by atoms with Crippen molar-refractivity contribution < 1.29 is 38.2 Å². The predicted octanol–water partition coefficient (Wildman–Crippen LogP) is 1.08. The number of amides is 2. The Labute approximate surface area is 133 Å². The summed E-state index contributed by atoms with van der Waals surface area (Å²) >= 11 is 0. The van der Waals surface area contributed by atoms with Gasteiger partial charge in [-0.2, -0.15) is 0 Å². The second-order valence-electron chi connectivity index (χ2n) is 4.71. The Hall–Kier alpha value is -2.45. The highest BCUT2D eigenvalue weighted by atomic mass is 16.6. The van der Waals surface area contributed by atoms with Gasteiger partial charge in [-0.1, -0.05) is 0 Å². The molecular formula is C14H21NO8. The zero-order valence-corrected chi connectivity index (χ0v) is 13.5. The summed E-state index contributed by atoms with van der Waals surface area (Å²) in [6, 6.07) is 0. The molecule has 0 aliphatic carbocycles. The molecule has 9 heteroatoms. The number of carbonyl (C=O) groups excluding carboxylic acids is 5. The number of imide groups is 1. The third kappa shape index (κ3) is 10.9. The number of unbranched alkanes of at least 4 members (excludes halogenated alkanes) is 1. The van der Waals surface area contributed by atoms with Gasteiger partial charge in [0.05, 0.1) is 6.61 Å². The number of nitrogens with zero attached hydrogens (tertiary/aromatic N) is 1. The normalized spacial score (nSPS) is 9.70. The average Bonchev–Trinajstić information content (AvgIpc) is 2.45. The first kappa shape index (κ1) is 20.6. The topological polar surface area (TPSA) is 116 Å². The predicted molar refractivity (Wildman–Crippen MR) is 76.6 cm³/mol. The molecule has 0 saturated carbocycles. The van der Waals surface area contributed by atoms with Crippen molar-refractivity contribution in [2.75, 3.05) is 26.4 Å². The second kappa shape index (κ2) is 11.2. The standard InChI is InChI=1S/C14H21NO8/c1-10(16)8-22-13(19)15(14(20)23-9-11(2)17)6-4-5-7-21-12(3)18/h4-9H2,1-3H3. The summed E-state index contributed by atoms with van der Waals surface area (Å²) in [6.07, 6.45) is -1.34. The van der Waals surface area contributed by atoms with Crippen LogP contribution in [0.5, 0.6) is 0 Å². The molecule has 0 saturated heterocycles. The van der Waals surface area contributed by atoms with Crippen molar-refractivity contribution in [2.45, 2.75) is 33.6 Å². The number of ether oxygens (including phenoxy) is 3. The van der Waals surface area contributed by atoms with Gasteiger partial charge in [0, 0.05) is 13.5 Å². The Morgan fingerprint density at radius 2 is 1.22 bits per heavy atom. The van der Waals surface area contributed by atoms with Gasteiger partial charge in [-0.3, -0.25) is 14.4 Å². The molecule has 0 bridgehead atoms. The van der Waals surface area contributed by atoms with Crippen LogP contribution < -0.4 is 0 Å². The number of hydrogen-bond acceptors (Lipinski definition) is 8. The van der Waals surface area contributed by atoms with E-state index >= 15 is 0 Å². The van der Waals surface area contributed by atoms with Crippen molar-refractivity contribution in [3.05, 3.63) is 0 Å². The van der Waals surface area contributed by atoms with Gasteiger partial charge >= 0.3 is 18.2 Å². The Morgan fingerprint density at radius 1 is 0.739 bits per heavy atom. The zero-order chi connectivity index (χ0) is 17.8. The largest absolute Gasteiger partial charge is 0.466 e. The van der Waals surface area contributed by atoms with E-state index in [2.05, 4.69) is 9.47 Å². The number of esters is 1. The first-order chi connectivity index (χ1) is 10.7. The Morgan fingerprint density at radius 3 is 1.61 bits per heavy atom. The van der Waals surface area contributed by atoms with E-state index in [0.29, 0.717) is 17.7 Å². The van der Waals surface area contributed by atoms with Crippen LogP contribution in [0.2, 0.25) is 0 Å². The highest BCUT2D eigenvalue weighted by molar-refractivity contribution is 5.90. The van der Waals surface area contributed by atoms with Crippen LogP contribution in [0, 0.1) is 0 Å². The van der Waals surface area contributed by atoms with Gasteiger partial charge < -0.3 is 14.2 Å². The minimum atomic E-state index is -1.04. The van der Waals surface area contributed by atoms with Crippen molar-refractivity contribution in [1.29, 1.82) is 0 Å². The second-order valence-corrected chi connectivity index (χ2v) is 4.71. The van der Waals surface area contributed by atoms with E-state index in [4.69, 9.17) is 4.74 Å². The molecule has 0 radical (unpaired) electrons. The molecule has 0 aromatic rings. The summed E-state index contributed by atoms with van der Waals surface area (Å²) < 4.78 is 14.0. The van der Waals surface area contributed by atoms with Crippen LogP contribution in [0.15, 0.2) is 0 Å². The molecule has 0 rings (SSSR count). The molecule has 0 heterocycles. The molecule has 9 nitrogen and oxygen atoms in total. The first-order valence-corrected chi connectivity index (χ1v) is 6.97. The highest BCUT2D eigenvalue weighted by Crippen LogP contribution is 2.03. The third-order valence-corrected chi connectivity index (χ3v) is 2.32. The summed E-state index contributed by atoms with van der Waals surface area (Å²) in [5, 5.41) is 0. The maximum atomic E-state index is 11.8. The molecule has 0 N–H and O–H groups in total. The monoisotopic (exact) mass is 331 g/mol. The number of rotatable bonds is 9. The summed E-state index contributed by atoms with van der Waals surface area (Å²) in [6.45, 7) is 2.87. The van der Waals surface area contributed by atoms with E-state index in [-0.39, 0.29) is 24.7 Å². The van der Waals surface area contributed by atoms with Crippen molar-refractivity contribution in [1.82, 2.24) is 4.90 Å². The molecule has 0 atom stereocenters. The molecule has 2 amide bonds. The number of carbonyl (C=O) groups is 5. The van der Waals surface area contributed by atoms with Gasteiger partial charge in [-0.25, -0.2) is 14.5 Å². The van der Waals surface area contributed by atoms with Crippen molar-refractivity contribution in [2.24, 2.45) is 0 Å². The van der Waals surface area contributed by atoms with Crippen LogP contribution in [0.3, 0.4) is 0 Å². The fourth-order valence-electron chi connectivity index (χ4n) is 1.33. The summed E-state index contributed by atoms with van der Waals surface area (Å²) in [4.78, 5) is 56.5. The minimum Gasteiger partial charge on any atom is -0.466 e. The number of ketones is 2. The van der Waals surface area contributed by atoms with Crippen LogP contribution >= 0.6 is 0 Å². The zero-order valence-electron chi connectivity index (χ0n) is 13.5. The van der Waals surface area contributed by atoms with Gasteiger partial charge in [0.15, 0.2) is 24.8 Å². The quantitative estimate of drug-likeness (QED) is 0.350. The lowest BCUT2D eigenvalue weighted by Crippen LogP contribution is -2.39. The molecule has 0 aliphatic rings. The maximum absolute atomic E-state index is 11.8.